The van der Waals surface area contributed by atoms with Gasteiger partial charge in [-0.15, -0.1) is 0 Å². The Labute approximate surface area is 169 Å². The number of nitro groups is 1. The van der Waals surface area contributed by atoms with Crippen molar-refractivity contribution in [2.75, 3.05) is 5.32 Å². The Morgan fingerprint density at radius 1 is 1.20 bits per heavy atom. The summed E-state index contributed by atoms with van der Waals surface area (Å²) in [5, 5.41) is 13.3. The van der Waals surface area contributed by atoms with Crippen molar-refractivity contribution in [1.82, 2.24) is 0 Å². The molecular formula is C20H16F2N2O6. The molecule has 30 heavy (non-hydrogen) atoms. The van der Waals surface area contributed by atoms with Gasteiger partial charge in [0.05, 0.1) is 10.6 Å². The minimum absolute atomic E-state index is 0.0181. The van der Waals surface area contributed by atoms with Crippen LogP contribution in [-0.2, 0) is 6.61 Å². The number of alkyl halides is 2. The number of hydrogen-bond acceptors (Lipinski definition) is 6. The number of carbonyl (C=O) groups excluding carboxylic acids is 1. The lowest BCUT2D eigenvalue weighted by atomic mass is 10.2. The second-order valence-electron chi connectivity index (χ2n) is 6.09. The molecule has 2 aromatic carbocycles. The van der Waals surface area contributed by atoms with Crippen molar-refractivity contribution < 1.29 is 32.4 Å². The van der Waals surface area contributed by atoms with Crippen LogP contribution >= 0.6 is 0 Å². The predicted molar refractivity (Wildman–Crippen MR) is 102 cm³/mol. The number of furan rings is 1. The molecule has 0 radical (unpaired) electrons. The lowest BCUT2D eigenvalue weighted by molar-refractivity contribution is -0.385. The summed E-state index contributed by atoms with van der Waals surface area (Å²) in [6.45, 7) is -1.45. The maximum absolute atomic E-state index is 12.5. The number of nitrogens with one attached hydrogen (secondary N) is 1. The Balaban J connectivity index is 1.63. The van der Waals surface area contributed by atoms with Gasteiger partial charge in [-0.1, -0.05) is 12.1 Å². The van der Waals surface area contributed by atoms with Gasteiger partial charge in [-0.05, 0) is 43.3 Å². The molecule has 0 aliphatic heterocycles. The molecule has 1 amide bonds. The average molecular weight is 418 g/mol. The van der Waals surface area contributed by atoms with Gasteiger partial charge in [0.15, 0.2) is 5.76 Å². The molecule has 1 aromatic heterocycles. The van der Waals surface area contributed by atoms with Crippen LogP contribution in [0.15, 0.2) is 59.0 Å². The quantitative estimate of drug-likeness (QED) is 0.411. The third-order valence-electron chi connectivity index (χ3n) is 3.98. The molecular weight excluding hydrogens is 402 g/mol. The van der Waals surface area contributed by atoms with Crippen LogP contribution in [0.2, 0.25) is 0 Å². The maximum atomic E-state index is 12.5. The zero-order valence-corrected chi connectivity index (χ0v) is 15.6. The molecule has 0 aliphatic carbocycles. The average Bonchev–Trinajstić information content (AvgIpc) is 3.16. The standard InChI is InChI=1S/C20H16F2N2O6/c1-12-10-13(6-8-16(12)24(26)27)28-11-14-7-9-18(29-14)19(25)23-15-4-2-3-5-17(15)30-20(21)22/h2-10,20H,11H2,1H3,(H,23,25). The van der Waals surface area contributed by atoms with Crippen LogP contribution in [-0.4, -0.2) is 17.4 Å². The van der Waals surface area contributed by atoms with E-state index in [1.54, 1.807) is 13.0 Å². The molecule has 1 heterocycles. The largest absolute Gasteiger partial charge is 0.486 e. The number of para-hydroxylation sites is 2. The van der Waals surface area contributed by atoms with Crippen LogP contribution in [0.3, 0.4) is 0 Å². The van der Waals surface area contributed by atoms with Crippen molar-refractivity contribution in [3.8, 4) is 11.5 Å². The number of aryl methyl sites for hydroxylation is 1. The molecule has 0 fully saturated rings. The number of halogens is 2. The van der Waals surface area contributed by atoms with Crippen LogP contribution in [0.25, 0.3) is 0 Å². The highest BCUT2D eigenvalue weighted by Crippen LogP contribution is 2.27. The van der Waals surface area contributed by atoms with E-state index in [0.717, 1.165) is 0 Å². The molecule has 8 nitrogen and oxygen atoms in total. The van der Waals surface area contributed by atoms with Crippen molar-refractivity contribution in [2.24, 2.45) is 0 Å². The van der Waals surface area contributed by atoms with Gasteiger partial charge in [0, 0.05) is 11.6 Å². The molecule has 0 bridgehead atoms. The third kappa shape index (κ3) is 5.10. The molecule has 3 rings (SSSR count). The van der Waals surface area contributed by atoms with Crippen molar-refractivity contribution in [3.63, 3.8) is 0 Å². The fraction of sp³-hybridized carbons (Fsp3) is 0.150. The van der Waals surface area contributed by atoms with Crippen molar-refractivity contribution in [1.29, 1.82) is 0 Å². The number of hydrogen-bond donors (Lipinski definition) is 1. The van der Waals surface area contributed by atoms with Gasteiger partial charge in [-0.25, -0.2) is 0 Å². The van der Waals surface area contributed by atoms with Gasteiger partial charge in [0.25, 0.3) is 11.6 Å². The maximum Gasteiger partial charge on any atom is 0.387 e. The van der Waals surface area contributed by atoms with E-state index in [1.165, 1.54) is 48.5 Å². The predicted octanol–water partition coefficient (Wildman–Crippen LogP) is 4.93. The number of anilines is 1. The first-order chi connectivity index (χ1) is 14.3. The van der Waals surface area contributed by atoms with Gasteiger partial charge in [0.2, 0.25) is 0 Å². The summed E-state index contributed by atoms with van der Waals surface area (Å²) >= 11 is 0. The SMILES string of the molecule is Cc1cc(OCc2ccc(C(=O)Nc3ccccc3OC(F)F)o2)ccc1[N+](=O)[O-]. The smallest absolute Gasteiger partial charge is 0.387 e. The molecule has 0 spiro atoms. The fourth-order valence-electron chi connectivity index (χ4n) is 2.61. The van der Waals surface area contributed by atoms with E-state index in [0.29, 0.717) is 17.1 Å². The van der Waals surface area contributed by atoms with Gasteiger partial charge in [-0.2, -0.15) is 8.78 Å². The Bertz CT molecular complexity index is 1070. The summed E-state index contributed by atoms with van der Waals surface area (Å²) in [6.07, 6.45) is 0. The molecule has 1 N–H and O–H groups in total. The summed E-state index contributed by atoms with van der Waals surface area (Å²) in [5.74, 6) is -0.158. The van der Waals surface area contributed by atoms with Crippen LogP contribution in [0, 0.1) is 17.0 Å². The summed E-state index contributed by atoms with van der Waals surface area (Å²) in [6, 6.07) is 13.0. The van der Waals surface area contributed by atoms with E-state index < -0.39 is 17.4 Å². The van der Waals surface area contributed by atoms with Crippen LogP contribution in [0.1, 0.15) is 21.9 Å². The topological polar surface area (TPSA) is 104 Å². The third-order valence-corrected chi connectivity index (χ3v) is 3.98. The number of nitro benzene ring substituents is 1. The zero-order valence-electron chi connectivity index (χ0n) is 15.6. The van der Waals surface area contributed by atoms with Gasteiger partial charge in [-0.3, -0.25) is 14.9 Å². The zero-order chi connectivity index (χ0) is 21.7. The van der Waals surface area contributed by atoms with E-state index in [4.69, 9.17) is 9.15 Å². The lowest BCUT2D eigenvalue weighted by Gasteiger charge is -2.10. The Morgan fingerprint density at radius 2 is 1.97 bits per heavy atom. The second kappa shape index (κ2) is 9.03. The molecule has 156 valence electrons. The highest BCUT2D eigenvalue weighted by molar-refractivity contribution is 6.03. The van der Waals surface area contributed by atoms with Crippen LogP contribution < -0.4 is 14.8 Å². The molecule has 0 unspecified atom stereocenters. The minimum Gasteiger partial charge on any atom is -0.486 e. The van der Waals surface area contributed by atoms with Gasteiger partial charge < -0.3 is 19.2 Å². The Hall–Kier alpha value is -3.95. The fourth-order valence-corrected chi connectivity index (χ4v) is 2.61. The number of nitrogens with zero attached hydrogens (tertiary/aromatic N) is 1. The molecule has 3 aromatic rings. The summed E-state index contributed by atoms with van der Waals surface area (Å²) in [7, 11) is 0. The van der Waals surface area contributed by atoms with E-state index in [1.807, 2.05) is 0 Å². The van der Waals surface area contributed by atoms with E-state index in [9.17, 15) is 23.7 Å². The Kier molecular flexibility index (Phi) is 6.26. The number of carbonyl (C=O) groups is 1. The number of rotatable bonds is 8. The normalized spacial score (nSPS) is 10.7. The molecule has 0 saturated heterocycles. The molecule has 10 heteroatoms. The van der Waals surface area contributed by atoms with Gasteiger partial charge >= 0.3 is 6.61 Å². The van der Waals surface area contributed by atoms with E-state index in [2.05, 4.69) is 10.1 Å². The van der Waals surface area contributed by atoms with Crippen LogP contribution in [0.4, 0.5) is 20.2 Å². The van der Waals surface area contributed by atoms with Gasteiger partial charge in [0.1, 0.15) is 23.9 Å². The summed E-state index contributed by atoms with van der Waals surface area (Å²) in [5.41, 5.74) is 0.496. The van der Waals surface area contributed by atoms with E-state index >= 15 is 0 Å². The first kappa shape index (κ1) is 20.8. The molecule has 0 saturated carbocycles. The summed E-state index contributed by atoms with van der Waals surface area (Å²) < 4.78 is 40.3. The van der Waals surface area contributed by atoms with E-state index in [-0.39, 0.29) is 29.5 Å². The highest BCUT2D eigenvalue weighted by atomic mass is 19.3. The lowest BCUT2D eigenvalue weighted by Crippen LogP contribution is -2.13. The van der Waals surface area contributed by atoms with Crippen molar-refractivity contribution in [3.05, 3.63) is 81.8 Å². The second-order valence-corrected chi connectivity index (χ2v) is 6.09. The first-order valence-electron chi connectivity index (χ1n) is 8.65. The molecule has 0 atom stereocenters. The number of ether oxygens (including phenoxy) is 2. The first-order valence-corrected chi connectivity index (χ1v) is 8.65. The Morgan fingerprint density at radius 3 is 2.67 bits per heavy atom. The van der Waals surface area contributed by atoms with Crippen molar-refractivity contribution in [2.45, 2.75) is 20.1 Å². The highest BCUT2D eigenvalue weighted by Gasteiger charge is 2.16. The molecule has 0 aliphatic rings. The monoisotopic (exact) mass is 418 g/mol. The number of amides is 1. The summed E-state index contributed by atoms with van der Waals surface area (Å²) in [4.78, 5) is 22.7. The number of benzene rings is 2. The van der Waals surface area contributed by atoms with Crippen LogP contribution in [0.5, 0.6) is 11.5 Å². The van der Waals surface area contributed by atoms with Crippen molar-refractivity contribution >= 4 is 17.3 Å². The minimum atomic E-state index is -3.03.